The summed E-state index contributed by atoms with van der Waals surface area (Å²) in [7, 11) is 0. The van der Waals surface area contributed by atoms with Crippen LogP contribution in [0.25, 0.3) is 11.1 Å². The van der Waals surface area contributed by atoms with Crippen LogP contribution >= 0.6 is 0 Å². The molecule has 3 aromatic carbocycles. The van der Waals surface area contributed by atoms with Gasteiger partial charge in [-0.2, -0.15) is 0 Å². The fourth-order valence-corrected chi connectivity index (χ4v) is 2.46. The standard InChI is InChI=1S/C20H14O4/c21-19(22)18-16(14-8-3-1-4-9-14)12-7-13-17(18)20(23)24-15-10-5-2-6-11-15/h1-13H,(H,21,22). The topological polar surface area (TPSA) is 63.6 Å². The molecule has 0 aliphatic rings. The van der Waals surface area contributed by atoms with Crippen LogP contribution in [-0.4, -0.2) is 17.0 Å². The second kappa shape index (κ2) is 6.79. The first-order chi connectivity index (χ1) is 11.7. The van der Waals surface area contributed by atoms with Gasteiger partial charge in [0.1, 0.15) is 5.75 Å². The van der Waals surface area contributed by atoms with Crippen molar-refractivity contribution < 1.29 is 19.4 Å². The smallest absolute Gasteiger partial charge is 0.344 e. The van der Waals surface area contributed by atoms with Gasteiger partial charge >= 0.3 is 11.9 Å². The average molecular weight is 318 g/mol. The number of carbonyl (C=O) groups is 2. The maximum absolute atomic E-state index is 12.4. The second-order valence-electron chi connectivity index (χ2n) is 5.10. The predicted molar refractivity (Wildman–Crippen MR) is 90.2 cm³/mol. The largest absolute Gasteiger partial charge is 0.478 e. The number of benzene rings is 3. The molecule has 3 rings (SSSR count). The quantitative estimate of drug-likeness (QED) is 0.576. The summed E-state index contributed by atoms with van der Waals surface area (Å²) in [4.78, 5) is 24.2. The van der Waals surface area contributed by atoms with E-state index in [1.165, 1.54) is 6.07 Å². The molecule has 0 amide bonds. The summed E-state index contributed by atoms with van der Waals surface area (Å²) in [6, 6.07) is 22.4. The van der Waals surface area contributed by atoms with Gasteiger partial charge in [0.2, 0.25) is 0 Å². The number of ether oxygens (including phenoxy) is 1. The van der Waals surface area contributed by atoms with Crippen molar-refractivity contribution in [2.45, 2.75) is 0 Å². The van der Waals surface area contributed by atoms with E-state index in [0.29, 0.717) is 11.3 Å². The molecule has 4 heteroatoms. The Labute approximate surface area is 139 Å². The highest BCUT2D eigenvalue weighted by Gasteiger charge is 2.22. The zero-order chi connectivity index (χ0) is 16.9. The Kier molecular flexibility index (Phi) is 4.38. The van der Waals surface area contributed by atoms with Crippen LogP contribution in [0.2, 0.25) is 0 Å². The van der Waals surface area contributed by atoms with E-state index in [1.54, 1.807) is 54.6 Å². The lowest BCUT2D eigenvalue weighted by Crippen LogP contribution is -2.15. The summed E-state index contributed by atoms with van der Waals surface area (Å²) >= 11 is 0. The Bertz CT molecular complexity index is 871. The van der Waals surface area contributed by atoms with Crippen LogP contribution in [0.15, 0.2) is 78.9 Å². The van der Waals surface area contributed by atoms with E-state index in [1.807, 2.05) is 18.2 Å². The molecule has 0 aliphatic heterocycles. The highest BCUT2D eigenvalue weighted by molar-refractivity contribution is 6.07. The fourth-order valence-electron chi connectivity index (χ4n) is 2.46. The SMILES string of the molecule is O=C(Oc1ccccc1)c1cccc(-c2ccccc2)c1C(=O)O. The molecule has 0 spiro atoms. The molecule has 0 saturated heterocycles. The number of hydrogen-bond donors (Lipinski definition) is 1. The number of aromatic carboxylic acids is 1. The molecule has 0 aromatic heterocycles. The number of para-hydroxylation sites is 1. The molecule has 0 aliphatic carbocycles. The van der Waals surface area contributed by atoms with Crippen molar-refractivity contribution in [2.24, 2.45) is 0 Å². The molecule has 0 radical (unpaired) electrons. The van der Waals surface area contributed by atoms with Crippen molar-refractivity contribution in [1.82, 2.24) is 0 Å². The Morgan fingerprint density at radius 1 is 0.750 bits per heavy atom. The number of carboxylic acids is 1. The minimum atomic E-state index is -1.17. The van der Waals surface area contributed by atoms with Gasteiger partial charge in [0.05, 0.1) is 11.1 Å². The minimum absolute atomic E-state index is 0.0210. The molecule has 3 aromatic rings. The van der Waals surface area contributed by atoms with E-state index >= 15 is 0 Å². The van der Waals surface area contributed by atoms with Crippen LogP contribution in [0.4, 0.5) is 0 Å². The Morgan fingerprint density at radius 3 is 2.00 bits per heavy atom. The number of carbonyl (C=O) groups excluding carboxylic acids is 1. The zero-order valence-electron chi connectivity index (χ0n) is 12.7. The highest BCUT2D eigenvalue weighted by Crippen LogP contribution is 2.27. The van der Waals surface area contributed by atoms with E-state index in [9.17, 15) is 14.7 Å². The lowest BCUT2D eigenvalue weighted by atomic mass is 9.95. The highest BCUT2D eigenvalue weighted by atomic mass is 16.5. The summed E-state index contributed by atoms with van der Waals surface area (Å²) < 4.78 is 5.28. The number of carboxylic acid groups (broad SMARTS) is 1. The van der Waals surface area contributed by atoms with E-state index in [4.69, 9.17) is 4.74 Å². The molecule has 0 bridgehead atoms. The molecule has 4 nitrogen and oxygen atoms in total. The molecular formula is C20H14O4. The first-order valence-electron chi connectivity index (χ1n) is 7.36. The van der Waals surface area contributed by atoms with Gasteiger partial charge < -0.3 is 9.84 Å². The molecule has 0 unspecified atom stereocenters. The molecular weight excluding hydrogens is 304 g/mol. The molecule has 0 saturated carbocycles. The van der Waals surface area contributed by atoms with Crippen LogP contribution in [0, 0.1) is 0 Å². The van der Waals surface area contributed by atoms with Crippen molar-refractivity contribution in [3.05, 3.63) is 90.0 Å². The third-order valence-electron chi connectivity index (χ3n) is 3.54. The first-order valence-corrected chi connectivity index (χ1v) is 7.36. The molecule has 118 valence electrons. The van der Waals surface area contributed by atoms with Crippen molar-refractivity contribution in [3.63, 3.8) is 0 Å². The van der Waals surface area contributed by atoms with Gasteiger partial charge in [-0.1, -0.05) is 60.7 Å². The Hall–Kier alpha value is -3.40. The van der Waals surface area contributed by atoms with Crippen LogP contribution < -0.4 is 4.74 Å². The summed E-state index contributed by atoms with van der Waals surface area (Å²) in [6.07, 6.45) is 0. The normalized spacial score (nSPS) is 10.2. The molecule has 24 heavy (non-hydrogen) atoms. The lowest BCUT2D eigenvalue weighted by Gasteiger charge is -2.11. The average Bonchev–Trinajstić information content (AvgIpc) is 2.62. The van der Waals surface area contributed by atoms with Gasteiger partial charge in [0.15, 0.2) is 0 Å². The third-order valence-corrected chi connectivity index (χ3v) is 3.54. The van der Waals surface area contributed by atoms with Crippen LogP contribution in [0.3, 0.4) is 0 Å². The van der Waals surface area contributed by atoms with Crippen molar-refractivity contribution in [3.8, 4) is 16.9 Å². The number of rotatable bonds is 4. The maximum atomic E-state index is 12.4. The van der Waals surface area contributed by atoms with E-state index < -0.39 is 11.9 Å². The van der Waals surface area contributed by atoms with Gasteiger partial charge in [-0.05, 0) is 29.3 Å². The van der Waals surface area contributed by atoms with Crippen molar-refractivity contribution in [1.29, 1.82) is 0 Å². The second-order valence-corrected chi connectivity index (χ2v) is 5.10. The van der Waals surface area contributed by atoms with Gasteiger partial charge in [-0.15, -0.1) is 0 Å². The zero-order valence-corrected chi connectivity index (χ0v) is 12.7. The summed E-state index contributed by atoms with van der Waals surface area (Å²) in [6.45, 7) is 0. The fraction of sp³-hybridized carbons (Fsp3) is 0. The van der Waals surface area contributed by atoms with Gasteiger partial charge in [-0.3, -0.25) is 0 Å². The van der Waals surface area contributed by atoms with Crippen LogP contribution in [0.5, 0.6) is 5.75 Å². The Balaban J connectivity index is 2.05. The Morgan fingerprint density at radius 2 is 1.38 bits per heavy atom. The van der Waals surface area contributed by atoms with Crippen LogP contribution in [0.1, 0.15) is 20.7 Å². The lowest BCUT2D eigenvalue weighted by molar-refractivity contribution is 0.0668. The minimum Gasteiger partial charge on any atom is -0.478 e. The van der Waals surface area contributed by atoms with Crippen molar-refractivity contribution in [2.75, 3.05) is 0 Å². The summed E-state index contributed by atoms with van der Waals surface area (Å²) in [5.74, 6) is -1.50. The molecule has 1 N–H and O–H groups in total. The van der Waals surface area contributed by atoms with E-state index in [2.05, 4.69) is 0 Å². The molecule has 0 fully saturated rings. The van der Waals surface area contributed by atoms with E-state index in [0.717, 1.165) is 5.56 Å². The number of hydrogen-bond acceptors (Lipinski definition) is 3. The van der Waals surface area contributed by atoms with Gasteiger partial charge in [0.25, 0.3) is 0 Å². The van der Waals surface area contributed by atoms with E-state index in [-0.39, 0.29) is 11.1 Å². The van der Waals surface area contributed by atoms with Gasteiger partial charge in [-0.25, -0.2) is 9.59 Å². The molecule has 0 atom stereocenters. The molecule has 0 heterocycles. The summed E-state index contributed by atoms with van der Waals surface area (Å²) in [5, 5.41) is 9.62. The van der Waals surface area contributed by atoms with Crippen LogP contribution in [-0.2, 0) is 0 Å². The predicted octanol–water partition coefficient (Wildman–Crippen LogP) is 4.27. The van der Waals surface area contributed by atoms with Gasteiger partial charge in [0, 0.05) is 0 Å². The van der Waals surface area contributed by atoms with Crippen molar-refractivity contribution >= 4 is 11.9 Å². The number of esters is 1. The third kappa shape index (κ3) is 3.17. The first kappa shape index (κ1) is 15.5. The summed E-state index contributed by atoms with van der Waals surface area (Å²) in [5.41, 5.74) is 1.16. The monoisotopic (exact) mass is 318 g/mol. The maximum Gasteiger partial charge on any atom is 0.344 e.